The Morgan fingerprint density at radius 2 is 0.860 bits per heavy atom. The van der Waals surface area contributed by atoms with Gasteiger partial charge in [0, 0.05) is 106 Å². The Morgan fingerprint density at radius 3 is 1.38 bits per heavy atom. The number of benzene rings is 6. The third-order valence-electron chi connectivity index (χ3n) is 22.0. The topological polar surface area (TPSA) is 114 Å². The number of amides is 1. The van der Waals surface area contributed by atoms with Gasteiger partial charge in [-0.05, 0) is 145 Å². The van der Waals surface area contributed by atoms with Crippen molar-refractivity contribution in [3.8, 4) is 0 Å². The van der Waals surface area contributed by atoms with Gasteiger partial charge >= 0.3 is 0 Å². The SMILES string of the molecule is CC(=O)N1CCN(C2CCCC[C@@H]2OCCc2ccc3ccccc3c2)CC1.Cl.Clc1ccc(CCO[C@H]2CCCCC2N2CCOCC2)cc1Cl.O=C1CCN(C2CCCC[C@@H]2OCCc2c(Cl)cccc2Cl)C1.O=C1CCN(C2CCCC[C@@H]2OCCc2cccc3ccccc23)C1. The molecule has 4 saturated heterocycles. The Hall–Kier alpha value is -4.26. The molecular weight excluding hydrogens is 1360 g/mol. The molecule has 6 aromatic rings. The van der Waals surface area contributed by atoms with Crippen molar-refractivity contribution in [2.75, 3.05) is 105 Å². The van der Waals surface area contributed by atoms with Crippen LogP contribution in [-0.2, 0) is 63.8 Å². The monoisotopic (exact) mass is 1470 g/mol. The molecule has 8 fully saturated rings. The lowest BCUT2D eigenvalue weighted by Crippen LogP contribution is -2.55. The van der Waals surface area contributed by atoms with Gasteiger partial charge in [-0.3, -0.25) is 34.0 Å². The molecule has 4 heterocycles. The number of nitrogens with zero attached hydrogens (tertiary/aromatic N) is 5. The van der Waals surface area contributed by atoms with E-state index in [1.165, 1.54) is 115 Å². The fourth-order valence-corrected chi connectivity index (χ4v) is 17.5. The van der Waals surface area contributed by atoms with Gasteiger partial charge in [0.15, 0.2) is 0 Å². The molecule has 0 aromatic heterocycles. The van der Waals surface area contributed by atoms with Crippen LogP contribution >= 0.6 is 58.8 Å². The number of ether oxygens (including phenoxy) is 5. The highest BCUT2D eigenvalue weighted by molar-refractivity contribution is 6.42. The predicted molar refractivity (Wildman–Crippen MR) is 409 cm³/mol. The number of hydrogen-bond acceptors (Lipinski definition) is 12. The highest BCUT2D eigenvalue weighted by atomic mass is 35.5. The average Bonchev–Trinajstić information content (AvgIpc) is 1.18. The molecule has 4 aliphatic carbocycles. The Kier molecular flexibility index (Phi) is 32.0. The van der Waals surface area contributed by atoms with Gasteiger partial charge in [0.25, 0.3) is 0 Å². The number of piperazine rings is 1. The third kappa shape index (κ3) is 22.9. The van der Waals surface area contributed by atoms with Crippen LogP contribution < -0.4 is 0 Å². The van der Waals surface area contributed by atoms with E-state index in [4.69, 9.17) is 70.1 Å². The lowest BCUT2D eigenvalue weighted by atomic mass is 9.90. The van der Waals surface area contributed by atoms with Gasteiger partial charge < -0.3 is 28.6 Å². The summed E-state index contributed by atoms with van der Waals surface area (Å²) in [5.41, 5.74) is 4.85. The number of rotatable bonds is 20. The van der Waals surface area contributed by atoms with Gasteiger partial charge in [0.1, 0.15) is 11.6 Å². The van der Waals surface area contributed by atoms with E-state index in [0.717, 1.165) is 149 Å². The van der Waals surface area contributed by atoms with Crippen LogP contribution in [0.4, 0.5) is 0 Å². The van der Waals surface area contributed by atoms with Crippen LogP contribution in [0, 0.1) is 0 Å². The maximum atomic E-state index is 11.6. The Labute approximate surface area is 621 Å². The van der Waals surface area contributed by atoms with Crippen molar-refractivity contribution in [1.82, 2.24) is 24.5 Å². The van der Waals surface area contributed by atoms with Gasteiger partial charge in [-0.25, -0.2) is 0 Å². The van der Waals surface area contributed by atoms with Crippen LogP contribution in [0.15, 0.2) is 121 Å². The van der Waals surface area contributed by atoms with E-state index in [1.54, 1.807) is 6.92 Å². The molecule has 18 heteroatoms. The molecule has 6 aromatic carbocycles. The fourth-order valence-electron chi connectivity index (χ4n) is 16.6. The summed E-state index contributed by atoms with van der Waals surface area (Å²) < 4.78 is 30.7. The number of hydrogen-bond donors (Lipinski definition) is 0. The second-order valence-electron chi connectivity index (χ2n) is 28.5. The van der Waals surface area contributed by atoms with Crippen LogP contribution in [0.2, 0.25) is 20.1 Å². The Balaban J connectivity index is 0.000000144. The zero-order valence-electron chi connectivity index (χ0n) is 59.0. The highest BCUT2D eigenvalue weighted by Gasteiger charge is 2.38. The minimum Gasteiger partial charge on any atom is -0.379 e. The molecule has 0 radical (unpaired) electrons. The summed E-state index contributed by atoms with van der Waals surface area (Å²) in [6, 6.07) is 43.6. The number of ketones is 2. The minimum absolute atomic E-state index is 0. The summed E-state index contributed by atoms with van der Waals surface area (Å²) in [4.78, 5) is 46.6. The van der Waals surface area contributed by atoms with Crippen LogP contribution in [0.5, 0.6) is 0 Å². The average molecular weight is 1470 g/mol. The first-order valence-corrected chi connectivity index (χ1v) is 39.0. The van der Waals surface area contributed by atoms with E-state index in [2.05, 4.69) is 105 Å². The summed E-state index contributed by atoms with van der Waals surface area (Å²) in [7, 11) is 0. The van der Waals surface area contributed by atoms with Crippen molar-refractivity contribution in [2.45, 2.75) is 197 Å². The molecule has 8 atom stereocenters. The van der Waals surface area contributed by atoms with Crippen molar-refractivity contribution in [3.63, 3.8) is 0 Å². The smallest absolute Gasteiger partial charge is 0.219 e. The lowest BCUT2D eigenvalue weighted by molar-refractivity contribution is -0.131. The lowest BCUT2D eigenvalue weighted by Gasteiger charge is -2.43. The number of morpholine rings is 1. The summed E-state index contributed by atoms with van der Waals surface area (Å²) in [6.07, 6.45) is 25.5. The van der Waals surface area contributed by atoms with E-state index >= 15 is 0 Å². The van der Waals surface area contributed by atoms with Crippen LogP contribution in [0.25, 0.3) is 21.5 Å². The summed E-state index contributed by atoms with van der Waals surface area (Å²) in [6.45, 7) is 15.1. The normalized spacial score (nSPS) is 24.9. The zero-order valence-corrected chi connectivity index (χ0v) is 62.8. The highest BCUT2D eigenvalue weighted by Crippen LogP contribution is 2.34. The largest absolute Gasteiger partial charge is 0.379 e. The first-order valence-electron chi connectivity index (χ1n) is 37.5. The van der Waals surface area contributed by atoms with E-state index in [-0.39, 0.29) is 30.5 Å². The first-order chi connectivity index (χ1) is 48.4. The molecule has 0 bridgehead atoms. The summed E-state index contributed by atoms with van der Waals surface area (Å²) >= 11 is 24.5. The number of carbonyl (C=O) groups is 3. The number of fused-ring (bicyclic) bond motifs is 2. The van der Waals surface area contributed by atoms with Crippen LogP contribution in [0.1, 0.15) is 145 Å². The van der Waals surface area contributed by atoms with Gasteiger partial charge in [0.2, 0.25) is 5.91 Å². The molecule has 8 aliphatic rings. The van der Waals surface area contributed by atoms with Crippen LogP contribution in [0.3, 0.4) is 0 Å². The molecule has 14 rings (SSSR count). The molecule has 0 spiro atoms. The predicted octanol–water partition coefficient (Wildman–Crippen LogP) is 16.6. The molecular formula is C82H108Cl5N5O8. The first kappa shape index (κ1) is 78.3. The van der Waals surface area contributed by atoms with Gasteiger partial charge in [-0.1, -0.05) is 195 Å². The van der Waals surface area contributed by atoms with E-state index < -0.39 is 0 Å². The molecule has 13 nitrogen and oxygen atoms in total. The molecule has 1 amide bonds. The van der Waals surface area contributed by atoms with Crippen molar-refractivity contribution in [2.24, 2.45) is 0 Å². The maximum Gasteiger partial charge on any atom is 0.219 e. The molecule has 544 valence electrons. The van der Waals surface area contributed by atoms with Crippen molar-refractivity contribution in [3.05, 3.63) is 164 Å². The van der Waals surface area contributed by atoms with Crippen molar-refractivity contribution >= 4 is 97.8 Å². The number of carbonyl (C=O) groups excluding carboxylic acids is 3. The molecule has 4 aliphatic heterocycles. The Morgan fingerprint density at radius 1 is 0.420 bits per heavy atom. The number of likely N-dealkylation sites (tertiary alicyclic amines) is 2. The van der Waals surface area contributed by atoms with E-state index in [1.807, 2.05) is 41.3 Å². The van der Waals surface area contributed by atoms with Gasteiger partial charge in [0.05, 0.1) is 87.2 Å². The third-order valence-corrected chi connectivity index (χ3v) is 23.5. The number of Topliss-reactive ketones (excluding diaryl/α,β-unsaturated/α-hetero) is 2. The molecule has 0 N–H and O–H groups in total. The van der Waals surface area contributed by atoms with E-state index in [9.17, 15) is 14.4 Å². The van der Waals surface area contributed by atoms with Gasteiger partial charge in [-0.15, -0.1) is 12.4 Å². The molecule has 4 saturated carbocycles. The maximum absolute atomic E-state index is 11.6. The van der Waals surface area contributed by atoms with Crippen molar-refractivity contribution in [1.29, 1.82) is 0 Å². The standard InChI is InChI=1S/C24H32N2O2.C22H27NO2.C18H23Cl2NO2.C18H25Cl2NO2.ClH/c1-19(27)25-13-15-26(16-14-25)23-8-4-5-9-24(23)28-17-12-20-10-11-21-6-2-3-7-22(21)18-20;24-19-12-14-23(16-19)21-10-3-4-11-22(21)25-15-13-18-8-5-7-17-6-1-2-9-20(17)18;19-15-4-3-5-16(20)14(15)9-11-23-18-7-2-1-6-17(18)21-10-8-13(22)12-21;19-15-6-5-14(13-16(15)20)7-10-23-18-4-2-1-3-17(18)21-8-11-22-12-9-21;/h2-3,6-7,10-11,18,23-24H,4-5,8-9,12-17H2,1H3;1-2,5-9,21-22H,3-4,10-16H2;3-5,17-18H,1-2,6-12H2;5-6,13,17-18H,1-4,7-12H2;1H/t23?,24-;21?,22-;2*17?,18-;/m0000./s1. The van der Waals surface area contributed by atoms with E-state index in [0.29, 0.717) is 94.1 Å². The van der Waals surface area contributed by atoms with Crippen molar-refractivity contribution < 1.29 is 38.1 Å². The fraction of sp³-hybridized carbons (Fsp3) is 0.573. The van der Waals surface area contributed by atoms with Gasteiger partial charge in [-0.2, -0.15) is 0 Å². The second kappa shape index (κ2) is 40.9. The number of halogens is 5. The second-order valence-corrected chi connectivity index (χ2v) is 30.2. The minimum atomic E-state index is 0. The zero-order chi connectivity index (χ0) is 68.7. The summed E-state index contributed by atoms with van der Waals surface area (Å²) in [5, 5.41) is 7.86. The molecule has 100 heavy (non-hydrogen) atoms. The van der Waals surface area contributed by atoms with Crippen LogP contribution in [-0.4, -0.2) is 196 Å². The Bertz CT molecular complexity index is 3490. The molecule has 4 unspecified atom stereocenters. The quantitative estimate of drug-likeness (QED) is 0.0725. The summed E-state index contributed by atoms with van der Waals surface area (Å²) in [5.74, 6) is 0.948.